The third kappa shape index (κ3) is 5.77. The number of rotatable bonds is 8. The first-order chi connectivity index (χ1) is 8.96. The van der Waals surface area contributed by atoms with Crippen molar-refractivity contribution >= 4 is 14.3 Å². The molecule has 0 amide bonds. The van der Waals surface area contributed by atoms with E-state index in [1.165, 1.54) is 0 Å². The second-order valence-electron chi connectivity index (χ2n) is 6.95. The van der Waals surface area contributed by atoms with Crippen LogP contribution in [-0.4, -0.2) is 31.5 Å². The largest absolute Gasteiger partial charge is 0.480 e. The molecular weight excluding hydrogens is 270 g/mol. The van der Waals surface area contributed by atoms with Gasteiger partial charge in [0.25, 0.3) is 0 Å². The van der Waals surface area contributed by atoms with E-state index in [-0.39, 0.29) is 5.04 Å². The predicted molar refractivity (Wildman–Crippen MR) is 86.4 cm³/mol. The first-order valence-electron chi connectivity index (χ1n) is 7.24. The summed E-state index contributed by atoms with van der Waals surface area (Å²) in [6.07, 6.45) is 5.10. The lowest BCUT2D eigenvalue weighted by molar-refractivity contribution is -0.143. The number of carboxylic acids is 1. The van der Waals surface area contributed by atoms with Crippen molar-refractivity contribution in [1.29, 1.82) is 0 Å². The van der Waals surface area contributed by atoms with Gasteiger partial charge in [0.1, 0.15) is 5.54 Å². The van der Waals surface area contributed by atoms with E-state index in [2.05, 4.69) is 33.9 Å². The van der Waals surface area contributed by atoms with Gasteiger partial charge in [-0.05, 0) is 44.3 Å². The molecule has 4 nitrogen and oxygen atoms in total. The van der Waals surface area contributed by atoms with Gasteiger partial charge in [-0.15, -0.1) is 0 Å². The maximum atomic E-state index is 11.3. The summed E-state index contributed by atoms with van der Waals surface area (Å²) in [6, 6.07) is 0. The van der Waals surface area contributed by atoms with Crippen LogP contribution in [0.5, 0.6) is 0 Å². The monoisotopic (exact) mass is 301 g/mol. The molecule has 0 saturated carbocycles. The lowest BCUT2D eigenvalue weighted by atomic mass is 9.91. The van der Waals surface area contributed by atoms with Crippen LogP contribution in [0, 0.1) is 0 Å². The molecule has 0 aliphatic carbocycles. The fourth-order valence-electron chi connectivity index (χ4n) is 1.56. The average Bonchev–Trinajstić information content (AvgIpc) is 2.30. The number of nitrogens with two attached hydrogens (primary N) is 1. The average molecular weight is 302 g/mol. The maximum absolute atomic E-state index is 11.3. The van der Waals surface area contributed by atoms with Crippen LogP contribution in [0.2, 0.25) is 18.1 Å². The maximum Gasteiger partial charge on any atom is 0.323 e. The topological polar surface area (TPSA) is 72.5 Å². The van der Waals surface area contributed by atoms with Gasteiger partial charge in [0.15, 0.2) is 8.32 Å². The van der Waals surface area contributed by atoms with Crippen molar-refractivity contribution < 1.29 is 14.3 Å². The van der Waals surface area contributed by atoms with E-state index in [1.54, 1.807) is 0 Å². The third-order valence-corrected chi connectivity index (χ3v) is 8.72. The molecule has 0 saturated heterocycles. The highest BCUT2D eigenvalue weighted by atomic mass is 28.4. The van der Waals surface area contributed by atoms with Gasteiger partial charge in [0.2, 0.25) is 0 Å². The number of hydrogen-bond donors (Lipinski definition) is 2. The van der Waals surface area contributed by atoms with Gasteiger partial charge < -0.3 is 15.3 Å². The first kappa shape index (κ1) is 19.3. The summed E-state index contributed by atoms with van der Waals surface area (Å²) in [5.74, 6) is -0.942. The zero-order valence-corrected chi connectivity index (χ0v) is 14.8. The molecule has 0 spiro atoms. The standard InChI is InChI=1S/C15H31NO3Si/c1-7-8-10-15(16,13(17)18)11-9-12-19-20(5,6)14(2,3)4/h7-8H,9-12,16H2,1-6H3,(H,17,18). The van der Waals surface area contributed by atoms with Gasteiger partial charge in [-0.1, -0.05) is 32.9 Å². The zero-order chi connectivity index (χ0) is 16.0. The summed E-state index contributed by atoms with van der Waals surface area (Å²) < 4.78 is 6.05. The highest BCUT2D eigenvalue weighted by Crippen LogP contribution is 2.36. The van der Waals surface area contributed by atoms with Crippen LogP contribution in [0.4, 0.5) is 0 Å². The minimum atomic E-state index is -1.76. The molecular formula is C15H31NO3Si. The molecule has 0 bridgehead atoms. The van der Waals surface area contributed by atoms with Gasteiger partial charge in [0.05, 0.1) is 0 Å². The van der Waals surface area contributed by atoms with E-state index in [1.807, 2.05) is 19.1 Å². The Bertz CT molecular complexity index is 348. The first-order valence-corrected chi connectivity index (χ1v) is 10.1. The lowest BCUT2D eigenvalue weighted by Crippen LogP contribution is -2.48. The van der Waals surface area contributed by atoms with Crippen LogP contribution in [0.3, 0.4) is 0 Å². The minimum absolute atomic E-state index is 0.171. The smallest absolute Gasteiger partial charge is 0.323 e. The van der Waals surface area contributed by atoms with E-state index in [4.69, 9.17) is 10.2 Å². The van der Waals surface area contributed by atoms with Gasteiger partial charge in [-0.2, -0.15) is 0 Å². The van der Waals surface area contributed by atoms with Crippen molar-refractivity contribution in [2.45, 2.75) is 70.6 Å². The Morgan fingerprint density at radius 2 is 1.90 bits per heavy atom. The fourth-order valence-corrected chi connectivity index (χ4v) is 2.64. The normalized spacial score (nSPS) is 16.4. The Morgan fingerprint density at radius 3 is 2.30 bits per heavy atom. The second-order valence-corrected chi connectivity index (χ2v) is 11.8. The van der Waals surface area contributed by atoms with E-state index in [0.717, 1.165) is 0 Å². The molecule has 0 radical (unpaired) electrons. The van der Waals surface area contributed by atoms with Gasteiger partial charge in [-0.25, -0.2) is 0 Å². The second kappa shape index (κ2) is 7.38. The molecule has 1 atom stereocenters. The van der Waals surface area contributed by atoms with Crippen molar-refractivity contribution in [3.05, 3.63) is 12.2 Å². The number of carboxylic acid groups (broad SMARTS) is 1. The van der Waals surface area contributed by atoms with E-state index in [0.29, 0.717) is 25.9 Å². The molecule has 0 aromatic rings. The molecule has 1 unspecified atom stereocenters. The summed E-state index contributed by atoms with van der Waals surface area (Å²) in [4.78, 5) is 11.3. The molecule has 20 heavy (non-hydrogen) atoms. The Morgan fingerprint density at radius 1 is 1.35 bits per heavy atom. The molecule has 0 heterocycles. The quantitative estimate of drug-likeness (QED) is 0.408. The molecule has 0 aromatic heterocycles. The molecule has 0 fully saturated rings. The van der Waals surface area contributed by atoms with Gasteiger partial charge in [-0.3, -0.25) is 4.79 Å². The SMILES string of the molecule is CC=CCC(N)(CCCO[Si](C)(C)C(C)(C)C)C(=O)O. The van der Waals surface area contributed by atoms with Crippen LogP contribution in [0.15, 0.2) is 12.2 Å². The molecule has 0 aliphatic rings. The zero-order valence-electron chi connectivity index (χ0n) is 13.8. The van der Waals surface area contributed by atoms with Crippen LogP contribution in [0.1, 0.15) is 47.0 Å². The van der Waals surface area contributed by atoms with Crippen molar-refractivity contribution in [2.75, 3.05) is 6.61 Å². The predicted octanol–water partition coefficient (Wildman–Crippen LogP) is 3.54. The molecule has 0 aromatic carbocycles. The third-order valence-electron chi connectivity index (χ3n) is 4.18. The van der Waals surface area contributed by atoms with Crippen molar-refractivity contribution in [2.24, 2.45) is 5.73 Å². The fraction of sp³-hybridized carbons (Fsp3) is 0.800. The van der Waals surface area contributed by atoms with Crippen LogP contribution >= 0.6 is 0 Å². The summed E-state index contributed by atoms with van der Waals surface area (Å²) in [7, 11) is -1.76. The summed E-state index contributed by atoms with van der Waals surface area (Å²) in [5, 5.41) is 9.43. The Kier molecular flexibility index (Phi) is 7.14. The Labute approximate surface area is 124 Å². The molecule has 118 valence electrons. The molecule has 0 aliphatic heterocycles. The Hall–Kier alpha value is -0.653. The summed E-state index contributed by atoms with van der Waals surface area (Å²) in [5.41, 5.74) is 4.79. The number of aliphatic carboxylic acids is 1. The van der Waals surface area contributed by atoms with E-state index < -0.39 is 19.8 Å². The number of hydrogen-bond acceptors (Lipinski definition) is 3. The Balaban J connectivity index is 4.37. The molecule has 3 N–H and O–H groups in total. The number of carbonyl (C=O) groups is 1. The van der Waals surface area contributed by atoms with Crippen molar-refractivity contribution in [1.82, 2.24) is 0 Å². The summed E-state index contributed by atoms with van der Waals surface area (Å²) >= 11 is 0. The number of allylic oxidation sites excluding steroid dienone is 1. The summed E-state index contributed by atoms with van der Waals surface area (Å²) in [6.45, 7) is 13.4. The van der Waals surface area contributed by atoms with Gasteiger partial charge in [0, 0.05) is 6.61 Å². The van der Waals surface area contributed by atoms with Gasteiger partial charge >= 0.3 is 5.97 Å². The van der Waals surface area contributed by atoms with Crippen molar-refractivity contribution in [3.63, 3.8) is 0 Å². The lowest BCUT2D eigenvalue weighted by Gasteiger charge is -2.36. The van der Waals surface area contributed by atoms with Crippen molar-refractivity contribution in [3.8, 4) is 0 Å². The van der Waals surface area contributed by atoms with E-state index >= 15 is 0 Å². The van der Waals surface area contributed by atoms with Crippen LogP contribution in [0.25, 0.3) is 0 Å². The van der Waals surface area contributed by atoms with E-state index in [9.17, 15) is 9.90 Å². The molecule has 0 rings (SSSR count). The molecule has 5 heteroatoms. The van der Waals surface area contributed by atoms with Crippen LogP contribution < -0.4 is 5.73 Å². The van der Waals surface area contributed by atoms with Crippen LogP contribution in [-0.2, 0) is 9.22 Å². The highest BCUT2D eigenvalue weighted by molar-refractivity contribution is 6.74. The highest BCUT2D eigenvalue weighted by Gasteiger charge is 2.37. The minimum Gasteiger partial charge on any atom is -0.480 e.